The average molecular weight is 516 g/mol. The number of rotatable bonds is 5. The molecular formula is C22H19Cl2N7O4. The maximum absolute atomic E-state index is 13.3. The van der Waals surface area contributed by atoms with Gasteiger partial charge in [0.2, 0.25) is 5.91 Å². The predicted octanol–water partition coefficient (Wildman–Crippen LogP) is 1.86. The van der Waals surface area contributed by atoms with Crippen LogP contribution < -0.4 is 11.2 Å². The number of carbonyl (C=O) groups excluding carboxylic acids is 2. The predicted molar refractivity (Wildman–Crippen MR) is 126 cm³/mol. The molecule has 3 aromatic rings. The number of aromatic amines is 1. The quantitative estimate of drug-likeness (QED) is 0.400. The number of aromatic nitrogens is 3. The molecule has 0 bridgehead atoms. The Labute approximate surface area is 208 Å². The molecule has 2 aromatic carbocycles. The molecule has 0 radical (unpaired) electrons. The van der Waals surface area contributed by atoms with E-state index in [-0.39, 0.29) is 17.5 Å². The number of hydrogen-bond acceptors (Lipinski definition) is 7. The van der Waals surface area contributed by atoms with Gasteiger partial charge in [-0.05, 0) is 47.9 Å². The van der Waals surface area contributed by atoms with E-state index in [9.17, 15) is 19.5 Å². The number of nitrogens with zero attached hydrogens (tertiary/aromatic N) is 4. The molecule has 2 aliphatic heterocycles. The number of primary amides is 1. The summed E-state index contributed by atoms with van der Waals surface area (Å²) in [5.74, 6) is -2.09. The van der Waals surface area contributed by atoms with Gasteiger partial charge in [-0.15, -0.1) is 5.10 Å². The number of nitrogens with one attached hydrogen (secondary N) is 2. The number of nitrogens with two attached hydrogens (primary N) is 1. The summed E-state index contributed by atoms with van der Waals surface area (Å²) in [6.07, 6.45) is 0.306. The van der Waals surface area contributed by atoms with E-state index in [1.54, 1.807) is 29.2 Å². The van der Waals surface area contributed by atoms with Crippen LogP contribution >= 0.6 is 23.2 Å². The van der Waals surface area contributed by atoms with Crippen molar-refractivity contribution in [2.75, 3.05) is 13.1 Å². The molecule has 0 fully saturated rings. The minimum atomic E-state index is -1.10. The van der Waals surface area contributed by atoms with Crippen molar-refractivity contribution in [3.8, 4) is 0 Å². The second kappa shape index (κ2) is 8.84. The summed E-state index contributed by atoms with van der Waals surface area (Å²) in [7, 11) is 0. The van der Waals surface area contributed by atoms with Crippen molar-refractivity contribution in [3.05, 3.63) is 68.8 Å². The fourth-order valence-electron chi connectivity index (χ4n) is 4.49. The topological polar surface area (TPSA) is 158 Å². The zero-order valence-electron chi connectivity index (χ0n) is 18.0. The van der Waals surface area contributed by atoms with Gasteiger partial charge in [0.05, 0.1) is 27.8 Å². The van der Waals surface area contributed by atoms with E-state index >= 15 is 0 Å². The number of aliphatic carboxylic acids is 1. The summed E-state index contributed by atoms with van der Waals surface area (Å²) in [6, 6.07) is 7.52. The maximum Gasteiger partial charge on any atom is 0.326 e. The van der Waals surface area contributed by atoms with Crippen LogP contribution in [-0.4, -0.2) is 67.3 Å². The molecule has 0 saturated heterocycles. The third-order valence-corrected chi connectivity index (χ3v) is 6.90. The van der Waals surface area contributed by atoms with Gasteiger partial charge in [0.15, 0.2) is 0 Å². The Bertz CT molecular complexity index is 1410. The number of carboxylic acids is 1. The van der Waals surface area contributed by atoms with Crippen LogP contribution in [0.1, 0.15) is 28.4 Å². The number of hydrazine groups is 1. The van der Waals surface area contributed by atoms with Crippen LogP contribution in [0.2, 0.25) is 10.0 Å². The second-order valence-corrected chi connectivity index (χ2v) is 9.06. The number of amides is 2. The summed E-state index contributed by atoms with van der Waals surface area (Å²) < 4.78 is 0. The lowest BCUT2D eigenvalue weighted by atomic mass is 9.98. The molecule has 3 heterocycles. The molecule has 13 heteroatoms. The van der Waals surface area contributed by atoms with Gasteiger partial charge in [0, 0.05) is 12.1 Å². The Hall–Kier alpha value is -3.67. The standard InChI is InChI=1S/C22H19Cl2N7O4/c23-13-3-1-10(7-14(13)24)19(20(25)32)31-17-9-30(6-5-12(17)18(28-31)22(34)35)21(33)11-2-4-15-16(8-11)27-29-26-15/h1-4,7-8,18-19,28H,5-6,9H2,(H2,25,32)(H,34,35)(H,26,27,29). The molecule has 2 atom stereocenters. The number of fused-ring (bicyclic) bond motifs is 1. The number of hydrogen-bond donors (Lipinski definition) is 4. The monoisotopic (exact) mass is 515 g/mol. The minimum absolute atomic E-state index is 0.0763. The van der Waals surface area contributed by atoms with Crippen molar-refractivity contribution in [2.45, 2.75) is 18.5 Å². The Kier molecular flexibility index (Phi) is 5.83. The van der Waals surface area contributed by atoms with Gasteiger partial charge in [-0.1, -0.05) is 34.5 Å². The van der Waals surface area contributed by atoms with Gasteiger partial charge in [-0.2, -0.15) is 0 Å². The van der Waals surface area contributed by atoms with E-state index in [1.807, 2.05) is 0 Å². The first-order valence-electron chi connectivity index (χ1n) is 10.6. The number of halogens is 2. The Morgan fingerprint density at radius 1 is 1.14 bits per heavy atom. The molecular weight excluding hydrogens is 497 g/mol. The highest BCUT2D eigenvalue weighted by molar-refractivity contribution is 6.42. The fraction of sp³-hybridized carbons (Fsp3) is 0.227. The molecule has 11 nitrogen and oxygen atoms in total. The zero-order valence-corrected chi connectivity index (χ0v) is 19.5. The highest BCUT2D eigenvalue weighted by Gasteiger charge is 2.43. The fourth-order valence-corrected chi connectivity index (χ4v) is 4.79. The number of carbonyl (C=O) groups is 3. The second-order valence-electron chi connectivity index (χ2n) is 8.24. The number of benzene rings is 2. The molecule has 1 aromatic heterocycles. The molecule has 2 amide bonds. The van der Waals surface area contributed by atoms with Crippen LogP contribution in [0, 0.1) is 0 Å². The molecule has 2 unspecified atom stereocenters. The van der Waals surface area contributed by atoms with Crippen molar-refractivity contribution >= 4 is 52.0 Å². The zero-order chi connectivity index (χ0) is 24.9. The molecule has 0 saturated carbocycles. The average Bonchev–Trinajstić information content (AvgIpc) is 3.45. The van der Waals surface area contributed by atoms with Crippen molar-refractivity contribution < 1.29 is 19.5 Å². The summed E-state index contributed by atoms with van der Waals surface area (Å²) in [5.41, 5.74) is 11.8. The molecule has 35 heavy (non-hydrogen) atoms. The maximum atomic E-state index is 13.3. The van der Waals surface area contributed by atoms with Crippen LogP contribution in [0.15, 0.2) is 47.7 Å². The largest absolute Gasteiger partial charge is 0.480 e. The van der Waals surface area contributed by atoms with Gasteiger partial charge in [-0.3, -0.25) is 24.5 Å². The van der Waals surface area contributed by atoms with Gasteiger partial charge in [0.25, 0.3) is 5.91 Å². The van der Waals surface area contributed by atoms with E-state index < -0.39 is 24.0 Å². The molecule has 0 aliphatic carbocycles. The lowest BCUT2D eigenvalue weighted by Crippen LogP contribution is -2.48. The van der Waals surface area contributed by atoms with Gasteiger partial charge < -0.3 is 15.7 Å². The van der Waals surface area contributed by atoms with E-state index in [1.165, 1.54) is 17.1 Å². The Morgan fingerprint density at radius 2 is 1.94 bits per heavy atom. The van der Waals surface area contributed by atoms with Gasteiger partial charge >= 0.3 is 5.97 Å². The Balaban J connectivity index is 1.49. The molecule has 0 spiro atoms. The van der Waals surface area contributed by atoms with E-state index in [4.69, 9.17) is 28.9 Å². The first-order valence-corrected chi connectivity index (χ1v) is 11.3. The lowest BCUT2D eigenvalue weighted by molar-refractivity contribution is -0.140. The molecule has 5 rings (SSSR count). The summed E-state index contributed by atoms with van der Waals surface area (Å²) in [4.78, 5) is 39.4. The SMILES string of the molecule is NC(=O)C(c1ccc(Cl)c(Cl)c1)N1NC(C(=O)O)C2=C1CN(C(=O)c1ccc3[nH]nnc3c1)CC2. The van der Waals surface area contributed by atoms with Crippen molar-refractivity contribution in [1.29, 1.82) is 0 Å². The number of H-pyrrole nitrogens is 1. The normalized spacial score (nSPS) is 18.6. The summed E-state index contributed by atoms with van der Waals surface area (Å²) >= 11 is 12.2. The van der Waals surface area contributed by atoms with E-state index in [0.717, 1.165) is 0 Å². The van der Waals surface area contributed by atoms with E-state index in [0.29, 0.717) is 51.4 Å². The van der Waals surface area contributed by atoms with Crippen molar-refractivity contribution in [2.24, 2.45) is 5.73 Å². The smallest absolute Gasteiger partial charge is 0.326 e. The highest BCUT2D eigenvalue weighted by Crippen LogP contribution is 2.36. The summed E-state index contributed by atoms with van der Waals surface area (Å²) in [5, 5.41) is 22.2. The Morgan fingerprint density at radius 3 is 2.66 bits per heavy atom. The first kappa shape index (κ1) is 23.1. The van der Waals surface area contributed by atoms with Crippen LogP contribution in [0.4, 0.5) is 0 Å². The van der Waals surface area contributed by atoms with Crippen molar-refractivity contribution in [3.63, 3.8) is 0 Å². The lowest BCUT2D eigenvalue weighted by Gasteiger charge is -2.35. The van der Waals surface area contributed by atoms with Crippen LogP contribution in [0.5, 0.6) is 0 Å². The highest BCUT2D eigenvalue weighted by atomic mass is 35.5. The van der Waals surface area contributed by atoms with Crippen LogP contribution in [-0.2, 0) is 9.59 Å². The van der Waals surface area contributed by atoms with Crippen molar-refractivity contribution in [1.82, 2.24) is 30.7 Å². The first-order chi connectivity index (χ1) is 16.7. The van der Waals surface area contributed by atoms with E-state index in [2.05, 4.69) is 20.8 Å². The van der Waals surface area contributed by atoms with Gasteiger partial charge in [0.1, 0.15) is 17.6 Å². The molecule has 5 N–H and O–H groups in total. The third kappa shape index (κ3) is 4.07. The summed E-state index contributed by atoms with van der Waals surface area (Å²) in [6.45, 7) is 0.384. The number of carboxylic acid groups (broad SMARTS) is 1. The minimum Gasteiger partial charge on any atom is -0.480 e. The third-order valence-electron chi connectivity index (χ3n) is 6.16. The van der Waals surface area contributed by atoms with Crippen LogP contribution in [0.3, 0.4) is 0 Å². The van der Waals surface area contributed by atoms with Crippen LogP contribution in [0.25, 0.3) is 11.0 Å². The van der Waals surface area contributed by atoms with Gasteiger partial charge in [-0.25, -0.2) is 5.43 Å². The molecule has 180 valence electrons. The molecule has 2 aliphatic rings.